The number of nitrogens with zero attached hydrogens (tertiary/aromatic N) is 1. The zero-order chi connectivity index (χ0) is 6.69. The number of hydrogen-bond donors (Lipinski definition) is 1. The summed E-state index contributed by atoms with van der Waals surface area (Å²) in [7, 11) is 2.13. The molecule has 0 saturated heterocycles. The molecular weight excluding hydrogens is 150 g/mol. The minimum Gasteiger partial charge on any atom is -0.396 e. The Hall–Kier alpha value is 0.210. The van der Waals surface area contributed by atoms with Gasteiger partial charge >= 0.3 is 0 Å². The van der Waals surface area contributed by atoms with E-state index in [1.165, 1.54) is 12.8 Å². The Morgan fingerprint density at radius 1 is 1.50 bits per heavy atom. The third-order valence-electron chi connectivity index (χ3n) is 1.84. The molecule has 0 aromatic rings. The highest BCUT2D eigenvalue weighted by molar-refractivity contribution is 5.85. The summed E-state index contributed by atoms with van der Waals surface area (Å²) >= 11 is 0. The van der Waals surface area contributed by atoms with Gasteiger partial charge in [0.2, 0.25) is 0 Å². The molecule has 10 heavy (non-hydrogen) atoms. The van der Waals surface area contributed by atoms with Crippen LogP contribution in [0, 0.1) is 0 Å². The fourth-order valence-corrected chi connectivity index (χ4v) is 1.02. The maximum absolute atomic E-state index is 8.49. The Morgan fingerprint density at radius 2 is 2.10 bits per heavy atom. The lowest BCUT2D eigenvalue weighted by atomic mass is 10.4. The van der Waals surface area contributed by atoms with E-state index in [4.69, 9.17) is 5.11 Å². The maximum atomic E-state index is 8.49. The van der Waals surface area contributed by atoms with Gasteiger partial charge < -0.3 is 10.0 Å². The van der Waals surface area contributed by atoms with Crippen molar-refractivity contribution in [3.8, 4) is 0 Å². The zero-order valence-corrected chi connectivity index (χ0v) is 7.23. The maximum Gasteiger partial charge on any atom is 0.0443 e. The molecule has 0 bridgehead atoms. The second-order valence-corrected chi connectivity index (χ2v) is 2.79. The van der Waals surface area contributed by atoms with Crippen molar-refractivity contribution >= 4 is 12.4 Å². The van der Waals surface area contributed by atoms with Gasteiger partial charge in [0, 0.05) is 19.2 Å². The van der Waals surface area contributed by atoms with Gasteiger partial charge in [0.05, 0.1) is 0 Å². The van der Waals surface area contributed by atoms with Crippen LogP contribution < -0.4 is 0 Å². The molecule has 1 rings (SSSR count). The largest absolute Gasteiger partial charge is 0.396 e. The highest BCUT2D eigenvalue weighted by atomic mass is 35.5. The molecule has 1 fully saturated rings. The van der Waals surface area contributed by atoms with E-state index >= 15 is 0 Å². The van der Waals surface area contributed by atoms with Gasteiger partial charge in [0.25, 0.3) is 0 Å². The first kappa shape index (κ1) is 10.2. The molecule has 2 nitrogen and oxygen atoms in total. The normalized spacial score (nSPS) is 17.1. The van der Waals surface area contributed by atoms with E-state index in [9.17, 15) is 0 Å². The zero-order valence-electron chi connectivity index (χ0n) is 6.42. The minimum absolute atomic E-state index is 0. The lowest BCUT2D eigenvalue weighted by molar-refractivity contribution is 0.243. The minimum atomic E-state index is 0. The van der Waals surface area contributed by atoms with E-state index in [1.54, 1.807) is 0 Å². The van der Waals surface area contributed by atoms with Crippen molar-refractivity contribution < 1.29 is 5.11 Å². The lowest BCUT2D eigenvalue weighted by Crippen LogP contribution is -2.22. The van der Waals surface area contributed by atoms with Crippen LogP contribution in [0.25, 0.3) is 0 Å². The number of rotatable bonds is 4. The van der Waals surface area contributed by atoms with E-state index in [0.29, 0.717) is 6.61 Å². The van der Waals surface area contributed by atoms with E-state index in [0.717, 1.165) is 19.0 Å². The summed E-state index contributed by atoms with van der Waals surface area (Å²) in [6.07, 6.45) is 3.65. The molecule has 0 aliphatic heterocycles. The number of aliphatic hydroxyl groups is 1. The highest BCUT2D eigenvalue weighted by Gasteiger charge is 2.24. The van der Waals surface area contributed by atoms with Gasteiger partial charge in [-0.2, -0.15) is 0 Å². The third-order valence-corrected chi connectivity index (χ3v) is 1.84. The van der Waals surface area contributed by atoms with Crippen LogP contribution in [-0.4, -0.2) is 36.2 Å². The number of aliphatic hydroxyl groups excluding tert-OH is 1. The lowest BCUT2D eigenvalue weighted by Gasteiger charge is -2.13. The van der Waals surface area contributed by atoms with Crippen LogP contribution in [0.5, 0.6) is 0 Å². The van der Waals surface area contributed by atoms with E-state index in [-0.39, 0.29) is 12.4 Å². The Bertz CT molecular complexity index is 85.7. The molecular formula is C7H16ClNO. The quantitative estimate of drug-likeness (QED) is 0.669. The van der Waals surface area contributed by atoms with Gasteiger partial charge in [-0.3, -0.25) is 0 Å². The first-order chi connectivity index (χ1) is 4.34. The van der Waals surface area contributed by atoms with Gasteiger partial charge in [-0.05, 0) is 26.3 Å². The molecule has 0 amide bonds. The van der Waals surface area contributed by atoms with Crippen LogP contribution in [0.15, 0.2) is 0 Å². The standard InChI is InChI=1S/C7H15NO.ClH/c1-8(5-2-6-9)7-3-4-7;/h7,9H,2-6H2,1H3;1H. The second kappa shape index (κ2) is 4.94. The van der Waals surface area contributed by atoms with Crippen LogP contribution in [0.1, 0.15) is 19.3 Å². The van der Waals surface area contributed by atoms with Gasteiger partial charge in [-0.1, -0.05) is 0 Å². The van der Waals surface area contributed by atoms with Crippen molar-refractivity contribution in [3.05, 3.63) is 0 Å². The number of hydrogen-bond acceptors (Lipinski definition) is 2. The van der Waals surface area contributed by atoms with Gasteiger partial charge in [-0.25, -0.2) is 0 Å². The topological polar surface area (TPSA) is 23.5 Å². The highest BCUT2D eigenvalue weighted by Crippen LogP contribution is 2.24. The molecule has 0 spiro atoms. The average molecular weight is 166 g/mol. The van der Waals surface area contributed by atoms with Crippen molar-refractivity contribution in [3.63, 3.8) is 0 Å². The first-order valence-corrected chi connectivity index (χ1v) is 3.65. The first-order valence-electron chi connectivity index (χ1n) is 3.65. The van der Waals surface area contributed by atoms with Gasteiger partial charge in [-0.15, -0.1) is 12.4 Å². The predicted octanol–water partition coefficient (Wildman–Crippen LogP) is 0.885. The molecule has 1 N–H and O–H groups in total. The Labute approximate surface area is 68.6 Å². The Balaban J connectivity index is 0.000000810. The van der Waals surface area contributed by atoms with Crippen LogP contribution in [0.4, 0.5) is 0 Å². The van der Waals surface area contributed by atoms with Crippen molar-refractivity contribution in [1.29, 1.82) is 0 Å². The summed E-state index contributed by atoms with van der Waals surface area (Å²) in [5.74, 6) is 0. The summed E-state index contributed by atoms with van der Waals surface area (Å²) in [6.45, 7) is 1.39. The summed E-state index contributed by atoms with van der Waals surface area (Å²) < 4.78 is 0. The smallest absolute Gasteiger partial charge is 0.0443 e. The fourth-order valence-electron chi connectivity index (χ4n) is 1.02. The summed E-state index contributed by atoms with van der Waals surface area (Å²) in [5.41, 5.74) is 0. The van der Waals surface area contributed by atoms with Crippen LogP contribution >= 0.6 is 12.4 Å². The van der Waals surface area contributed by atoms with Crippen LogP contribution in [-0.2, 0) is 0 Å². The van der Waals surface area contributed by atoms with Gasteiger partial charge in [0.1, 0.15) is 0 Å². The molecule has 1 aliphatic carbocycles. The molecule has 1 saturated carbocycles. The molecule has 0 atom stereocenters. The van der Waals surface area contributed by atoms with Crippen molar-refractivity contribution in [1.82, 2.24) is 4.90 Å². The predicted molar refractivity (Wildman–Crippen MR) is 44.6 cm³/mol. The SMILES string of the molecule is CN(CCCO)C1CC1.Cl. The van der Waals surface area contributed by atoms with Crippen molar-refractivity contribution in [2.75, 3.05) is 20.2 Å². The molecule has 0 radical (unpaired) electrons. The Morgan fingerprint density at radius 3 is 2.50 bits per heavy atom. The molecule has 0 aromatic carbocycles. The third kappa shape index (κ3) is 3.40. The molecule has 0 aromatic heterocycles. The van der Waals surface area contributed by atoms with Crippen molar-refractivity contribution in [2.45, 2.75) is 25.3 Å². The Kier molecular flexibility index (Phi) is 5.04. The second-order valence-electron chi connectivity index (χ2n) is 2.79. The summed E-state index contributed by atoms with van der Waals surface area (Å²) in [4.78, 5) is 2.33. The fraction of sp³-hybridized carbons (Fsp3) is 1.00. The average Bonchev–Trinajstić information content (AvgIpc) is 2.63. The molecule has 0 heterocycles. The summed E-state index contributed by atoms with van der Waals surface area (Å²) in [5, 5.41) is 8.49. The molecule has 0 unspecified atom stereocenters. The molecule has 3 heteroatoms. The van der Waals surface area contributed by atoms with Crippen molar-refractivity contribution in [2.24, 2.45) is 0 Å². The van der Waals surface area contributed by atoms with E-state index in [1.807, 2.05) is 0 Å². The monoisotopic (exact) mass is 165 g/mol. The van der Waals surface area contributed by atoms with E-state index < -0.39 is 0 Å². The van der Waals surface area contributed by atoms with Gasteiger partial charge in [0.15, 0.2) is 0 Å². The van der Waals surface area contributed by atoms with Crippen LogP contribution in [0.2, 0.25) is 0 Å². The van der Waals surface area contributed by atoms with Crippen LogP contribution in [0.3, 0.4) is 0 Å². The molecule has 1 aliphatic rings. The molecule has 62 valence electrons. The number of halogens is 1. The van der Waals surface area contributed by atoms with E-state index in [2.05, 4.69) is 11.9 Å². The summed E-state index contributed by atoms with van der Waals surface area (Å²) in [6, 6.07) is 0.844.